The maximum atomic E-state index is 10.5. The number of nitrogens with zero attached hydrogens (tertiary/aromatic N) is 3. The number of rotatable bonds is 9. The van der Waals surface area contributed by atoms with Gasteiger partial charge in [-0.05, 0) is 32.4 Å². The molecule has 1 aliphatic rings. The number of fused-ring (bicyclic) bond motifs is 1. The Morgan fingerprint density at radius 3 is 2.69 bits per heavy atom. The number of hydrogen-bond acceptors (Lipinski definition) is 10. The first kappa shape index (κ1) is 22.4. The molecule has 0 aliphatic heterocycles. The van der Waals surface area contributed by atoms with Crippen LogP contribution in [0.1, 0.15) is 19.0 Å². The zero-order valence-electron chi connectivity index (χ0n) is 18.2. The maximum Gasteiger partial charge on any atom is 0.232 e. The van der Waals surface area contributed by atoms with Crippen molar-refractivity contribution in [3.63, 3.8) is 0 Å². The summed E-state index contributed by atoms with van der Waals surface area (Å²) in [4.78, 5) is 13.7. The molecule has 172 valence electrons. The summed E-state index contributed by atoms with van der Waals surface area (Å²) >= 11 is 0. The highest BCUT2D eigenvalue weighted by atomic mass is 16.5. The summed E-state index contributed by atoms with van der Waals surface area (Å²) in [6.45, 7) is 5.23. The molecular weight excluding hydrogens is 414 g/mol. The third-order valence-corrected chi connectivity index (χ3v) is 5.69. The van der Waals surface area contributed by atoms with Gasteiger partial charge in [0.25, 0.3) is 0 Å². The Labute approximate surface area is 185 Å². The van der Waals surface area contributed by atoms with Crippen LogP contribution in [-0.4, -0.2) is 74.9 Å². The Bertz CT molecular complexity index is 1030. The average Bonchev–Trinajstić information content (AvgIpc) is 3.32. The van der Waals surface area contributed by atoms with Crippen molar-refractivity contribution in [2.24, 2.45) is 5.92 Å². The summed E-state index contributed by atoms with van der Waals surface area (Å²) in [5.41, 5.74) is 2.57. The lowest BCUT2D eigenvalue weighted by atomic mass is 10.1. The molecule has 1 saturated carbocycles. The van der Waals surface area contributed by atoms with Gasteiger partial charge in [-0.3, -0.25) is 0 Å². The summed E-state index contributed by atoms with van der Waals surface area (Å²) < 4.78 is 11.3. The van der Waals surface area contributed by atoms with E-state index in [1.165, 1.54) is 0 Å². The number of aryl methyl sites for hydroxylation is 1. The number of aliphatic hydroxyl groups is 3. The molecule has 5 N–H and O–H groups in total. The molecule has 1 fully saturated rings. The van der Waals surface area contributed by atoms with Crippen molar-refractivity contribution in [3.8, 4) is 11.5 Å². The first-order valence-corrected chi connectivity index (χ1v) is 10.8. The Morgan fingerprint density at radius 1 is 1.16 bits per heavy atom. The van der Waals surface area contributed by atoms with Gasteiger partial charge in [0.2, 0.25) is 11.8 Å². The molecule has 0 amide bonds. The topological polar surface area (TPSA) is 146 Å². The van der Waals surface area contributed by atoms with E-state index in [9.17, 15) is 15.3 Å². The van der Waals surface area contributed by atoms with Crippen molar-refractivity contribution in [2.45, 2.75) is 38.5 Å². The van der Waals surface area contributed by atoms with Crippen LogP contribution < -0.4 is 10.6 Å². The van der Waals surface area contributed by atoms with Gasteiger partial charge >= 0.3 is 0 Å². The fourth-order valence-electron chi connectivity index (χ4n) is 4.00. The highest BCUT2D eigenvalue weighted by Crippen LogP contribution is 2.35. The van der Waals surface area contributed by atoms with E-state index in [1.54, 1.807) is 0 Å². The van der Waals surface area contributed by atoms with Gasteiger partial charge in [-0.2, -0.15) is 4.98 Å². The van der Waals surface area contributed by atoms with Gasteiger partial charge in [0.1, 0.15) is 23.0 Å². The van der Waals surface area contributed by atoms with Gasteiger partial charge in [-0.25, -0.2) is 9.97 Å². The molecule has 0 saturated heterocycles. The van der Waals surface area contributed by atoms with Crippen LogP contribution in [0.5, 0.6) is 0 Å². The van der Waals surface area contributed by atoms with Crippen LogP contribution in [0.2, 0.25) is 0 Å². The van der Waals surface area contributed by atoms with Gasteiger partial charge in [0.15, 0.2) is 5.58 Å². The highest BCUT2D eigenvalue weighted by molar-refractivity contribution is 5.80. The molecule has 10 nitrogen and oxygen atoms in total. The second kappa shape index (κ2) is 9.78. The van der Waals surface area contributed by atoms with E-state index in [0.717, 1.165) is 0 Å². The predicted molar refractivity (Wildman–Crippen MR) is 119 cm³/mol. The van der Waals surface area contributed by atoms with Gasteiger partial charge in [0, 0.05) is 25.7 Å². The molecule has 0 spiro atoms. The lowest BCUT2D eigenvalue weighted by Gasteiger charge is -2.21. The molecule has 10 heteroatoms. The molecule has 2 heterocycles. The number of para-hydroxylation sites is 2. The molecular formula is C22H29N5O5. The van der Waals surface area contributed by atoms with Gasteiger partial charge in [0.05, 0.1) is 24.4 Å². The Balaban J connectivity index is 1.69. The molecule has 1 aliphatic carbocycles. The first-order chi connectivity index (χ1) is 15.5. The summed E-state index contributed by atoms with van der Waals surface area (Å²) in [7, 11) is 0. The van der Waals surface area contributed by atoms with Crippen LogP contribution in [0.3, 0.4) is 0 Å². The fourth-order valence-corrected chi connectivity index (χ4v) is 4.00. The summed E-state index contributed by atoms with van der Waals surface area (Å²) in [6, 6.07) is 6.94. The first-order valence-electron chi connectivity index (χ1n) is 10.8. The molecule has 4 atom stereocenters. The third kappa shape index (κ3) is 4.53. The van der Waals surface area contributed by atoms with Crippen LogP contribution in [0.25, 0.3) is 22.6 Å². The number of oxazole rings is 1. The molecule has 2 aromatic heterocycles. The lowest BCUT2D eigenvalue weighted by Crippen LogP contribution is -2.35. The minimum Gasteiger partial charge on any atom is -0.436 e. The van der Waals surface area contributed by atoms with Gasteiger partial charge < -0.3 is 35.1 Å². The van der Waals surface area contributed by atoms with E-state index >= 15 is 0 Å². The van der Waals surface area contributed by atoms with Crippen molar-refractivity contribution < 1.29 is 24.5 Å². The van der Waals surface area contributed by atoms with Crippen molar-refractivity contribution in [1.29, 1.82) is 0 Å². The number of aromatic nitrogens is 3. The zero-order valence-corrected chi connectivity index (χ0v) is 18.2. The smallest absolute Gasteiger partial charge is 0.232 e. The number of nitrogens with one attached hydrogen (secondary N) is 2. The van der Waals surface area contributed by atoms with Crippen LogP contribution in [0.15, 0.2) is 28.7 Å². The van der Waals surface area contributed by atoms with Crippen molar-refractivity contribution in [3.05, 3.63) is 30.0 Å². The summed E-state index contributed by atoms with van der Waals surface area (Å²) in [5, 5.41) is 36.6. The number of anilines is 2. The highest BCUT2D eigenvalue weighted by Gasteiger charge is 2.41. The Kier molecular flexibility index (Phi) is 6.85. The minimum absolute atomic E-state index is 0.207. The minimum atomic E-state index is -1.05. The number of ether oxygens (including phenoxy) is 1. The standard InChI is InChI=1S/C22H29N5O5/c1-3-31-9-8-23-22-24-12(2)17(21-26-14-6-4-5-7-16(14)32-21)20(27-22)25-15-10-13(11-28)18(29)19(15)30/h4-7,13,15,18-19,28-30H,3,8-11H2,1-2H3,(H2,23,24,25,27). The molecule has 32 heavy (non-hydrogen) atoms. The lowest BCUT2D eigenvalue weighted by molar-refractivity contribution is 0.00446. The van der Waals surface area contributed by atoms with E-state index < -0.39 is 24.2 Å². The Morgan fingerprint density at radius 2 is 1.97 bits per heavy atom. The SMILES string of the molecule is CCOCCNc1nc(C)c(-c2nc3ccccc3o2)c(NC2CC(CO)C(O)C2O)n1. The van der Waals surface area contributed by atoms with E-state index in [2.05, 4.69) is 25.6 Å². The molecule has 1 aromatic carbocycles. The molecule has 4 rings (SSSR count). The van der Waals surface area contributed by atoms with Gasteiger partial charge in [-0.1, -0.05) is 12.1 Å². The quantitative estimate of drug-likeness (QED) is 0.309. The number of aliphatic hydroxyl groups excluding tert-OH is 3. The number of benzene rings is 1. The fraction of sp³-hybridized carbons (Fsp3) is 0.500. The van der Waals surface area contributed by atoms with E-state index in [0.29, 0.717) is 66.2 Å². The normalized spacial score (nSPS) is 23.0. The van der Waals surface area contributed by atoms with Crippen molar-refractivity contribution in [2.75, 3.05) is 37.0 Å². The van der Waals surface area contributed by atoms with Crippen molar-refractivity contribution in [1.82, 2.24) is 15.0 Å². The van der Waals surface area contributed by atoms with Crippen LogP contribution in [0, 0.1) is 12.8 Å². The summed E-state index contributed by atoms with van der Waals surface area (Å²) in [6.07, 6.45) is -1.67. The van der Waals surface area contributed by atoms with E-state index in [4.69, 9.17) is 9.15 Å². The van der Waals surface area contributed by atoms with E-state index in [1.807, 2.05) is 38.1 Å². The van der Waals surface area contributed by atoms with E-state index in [-0.39, 0.29) is 6.61 Å². The van der Waals surface area contributed by atoms with Gasteiger partial charge in [-0.15, -0.1) is 0 Å². The monoisotopic (exact) mass is 443 g/mol. The third-order valence-electron chi connectivity index (χ3n) is 5.69. The molecule has 0 radical (unpaired) electrons. The largest absolute Gasteiger partial charge is 0.436 e. The molecule has 0 bridgehead atoms. The second-order valence-corrected chi connectivity index (χ2v) is 7.88. The predicted octanol–water partition coefficient (Wildman–Crippen LogP) is 1.56. The second-order valence-electron chi connectivity index (χ2n) is 7.88. The number of hydrogen-bond donors (Lipinski definition) is 5. The van der Waals surface area contributed by atoms with Crippen LogP contribution >= 0.6 is 0 Å². The van der Waals surface area contributed by atoms with Crippen molar-refractivity contribution >= 4 is 22.9 Å². The summed E-state index contributed by atoms with van der Waals surface area (Å²) in [5.74, 6) is 0.773. The van der Waals surface area contributed by atoms with Crippen LogP contribution in [0.4, 0.5) is 11.8 Å². The maximum absolute atomic E-state index is 10.5. The Hall–Kier alpha value is -2.79. The molecule has 3 aromatic rings. The zero-order chi connectivity index (χ0) is 22.7. The van der Waals surface area contributed by atoms with Crippen LogP contribution in [-0.2, 0) is 4.74 Å². The molecule has 4 unspecified atom stereocenters. The average molecular weight is 444 g/mol.